The molecule has 7 heteroatoms. The van der Waals surface area contributed by atoms with Gasteiger partial charge in [0.15, 0.2) is 0 Å². The highest BCUT2D eigenvalue weighted by Crippen LogP contribution is 2.25. The summed E-state index contributed by atoms with van der Waals surface area (Å²) in [5.41, 5.74) is 3.30. The highest BCUT2D eigenvalue weighted by molar-refractivity contribution is 8.18. The number of hydrogen-bond acceptors (Lipinski definition) is 6. The molecule has 2 aromatic carbocycles. The molecule has 0 spiro atoms. The van der Waals surface area contributed by atoms with E-state index < -0.39 is 0 Å². The first kappa shape index (κ1) is 21.3. The standard InChI is InChI=1S/C24H22N2O3S2/c27-22-21(31-24(28)26-22)10-6-1-3-7-17-11-13-20(14-12-17)29-15-19-16-30-23(25-19)18-8-4-2-5-9-18/h2,4-5,8-14,16H,1,3,6-7,15H2,(H,26,27,28). The van der Waals surface area contributed by atoms with Gasteiger partial charge in [-0.05, 0) is 55.1 Å². The Hall–Kier alpha value is -2.90. The minimum absolute atomic E-state index is 0.278. The second-order valence-electron chi connectivity index (χ2n) is 7.10. The van der Waals surface area contributed by atoms with E-state index in [9.17, 15) is 9.59 Å². The van der Waals surface area contributed by atoms with Crippen LogP contribution in [0.5, 0.6) is 5.75 Å². The Morgan fingerprint density at radius 3 is 2.55 bits per heavy atom. The number of aromatic nitrogens is 1. The molecule has 1 saturated heterocycles. The van der Waals surface area contributed by atoms with Crippen molar-refractivity contribution in [3.63, 3.8) is 0 Å². The number of nitrogens with zero attached hydrogens (tertiary/aromatic N) is 1. The first-order valence-electron chi connectivity index (χ1n) is 10.1. The Kier molecular flexibility index (Phi) is 7.17. The van der Waals surface area contributed by atoms with Crippen LogP contribution in [0.4, 0.5) is 4.79 Å². The normalized spacial score (nSPS) is 14.8. The van der Waals surface area contributed by atoms with Gasteiger partial charge in [0.05, 0.1) is 10.6 Å². The minimum atomic E-state index is -0.287. The highest BCUT2D eigenvalue weighted by Gasteiger charge is 2.24. The number of imide groups is 1. The van der Waals surface area contributed by atoms with E-state index in [0.717, 1.165) is 59.5 Å². The van der Waals surface area contributed by atoms with E-state index >= 15 is 0 Å². The third kappa shape index (κ3) is 6.06. The average Bonchev–Trinajstić information content (AvgIpc) is 3.39. The first-order chi connectivity index (χ1) is 15.2. The van der Waals surface area contributed by atoms with Crippen LogP contribution in [-0.2, 0) is 17.8 Å². The number of allylic oxidation sites excluding steroid dienone is 1. The molecule has 2 amide bonds. The van der Waals surface area contributed by atoms with Gasteiger partial charge in [-0.3, -0.25) is 14.9 Å². The maximum Gasteiger partial charge on any atom is 0.290 e. The van der Waals surface area contributed by atoms with Crippen LogP contribution in [0.25, 0.3) is 10.6 Å². The molecule has 1 aliphatic rings. The fourth-order valence-corrected chi connectivity index (χ4v) is 4.66. The lowest BCUT2D eigenvalue weighted by atomic mass is 10.1. The Labute approximate surface area is 189 Å². The van der Waals surface area contributed by atoms with E-state index in [2.05, 4.69) is 34.6 Å². The predicted molar refractivity (Wildman–Crippen MR) is 125 cm³/mol. The lowest BCUT2D eigenvalue weighted by Crippen LogP contribution is -2.17. The van der Waals surface area contributed by atoms with Crippen LogP contribution in [0.1, 0.15) is 30.5 Å². The lowest BCUT2D eigenvalue weighted by molar-refractivity contribution is -0.115. The molecule has 1 aliphatic heterocycles. The number of carbonyl (C=O) groups is 2. The third-order valence-corrected chi connectivity index (χ3v) is 6.57. The van der Waals surface area contributed by atoms with Gasteiger partial charge in [-0.25, -0.2) is 4.98 Å². The Balaban J connectivity index is 1.19. The number of benzene rings is 2. The summed E-state index contributed by atoms with van der Waals surface area (Å²) in [4.78, 5) is 27.8. The molecule has 31 heavy (non-hydrogen) atoms. The Morgan fingerprint density at radius 2 is 1.81 bits per heavy atom. The fourth-order valence-electron chi connectivity index (χ4n) is 3.16. The number of amides is 2. The maximum absolute atomic E-state index is 11.5. The average molecular weight is 451 g/mol. The topological polar surface area (TPSA) is 68.3 Å². The van der Waals surface area contributed by atoms with Crippen molar-refractivity contribution < 1.29 is 14.3 Å². The Morgan fingerprint density at radius 1 is 1.00 bits per heavy atom. The number of unbranched alkanes of at least 4 members (excludes halogenated alkanes) is 2. The summed E-state index contributed by atoms with van der Waals surface area (Å²) in [5.74, 6) is 0.552. The van der Waals surface area contributed by atoms with E-state index in [-0.39, 0.29) is 11.1 Å². The number of hydrogen-bond donors (Lipinski definition) is 1. The van der Waals surface area contributed by atoms with Crippen molar-refractivity contribution in [3.8, 4) is 16.3 Å². The molecule has 0 aliphatic carbocycles. The van der Waals surface area contributed by atoms with Crippen LogP contribution < -0.4 is 10.1 Å². The van der Waals surface area contributed by atoms with E-state index in [0.29, 0.717) is 11.5 Å². The van der Waals surface area contributed by atoms with Gasteiger partial charge in [0.25, 0.3) is 11.1 Å². The number of thiazole rings is 1. The summed E-state index contributed by atoms with van der Waals surface area (Å²) in [6, 6.07) is 18.3. The molecular weight excluding hydrogens is 428 g/mol. The molecule has 0 atom stereocenters. The fraction of sp³-hybridized carbons (Fsp3) is 0.208. The van der Waals surface area contributed by atoms with Crippen LogP contribution >= 0.6 is 23.1 Å². The largest absolute Gasteiger partial charge is 0.487 e. The van der Waals surface area contributed by atoms with Crippen molar-refractivity contribution >= 4 is 34.2 Å². The number of thioether (sulfide) groups is 1. The Bertz CT molecular complexity index is 1080. The summed E-state index contributed by atoms with van der Waals surface area (Å²) >= 11 is 2.60. The summed E-state index contributed by atoms with van der Waals surface area (Å²) < 4.78 is 5.88. The van der Waals surface area contributed by atoms with Gasteiger partial charge in [0.2, 0.25) is 0 Å². The van der Waals surface area contributed by atoms with Crippen molar-refractivity contribution in [2.45, 2.75) is 32.3 Å². The molecule has 0 radical (unpaired) electrons. The van der Waals surface area contributed by atoms with Gasteiger partial charge < -0.3 is 4.74 Å². The highest BCUT2D eigenvalue weighted by atomic mass is 32.2. The molecule has 3 aromatic rings. The van der Waals surface area contributed by atoms with Gasteiger partial charge in [0.1, 0.15) is 17.4 Å². The second kappa shape index (κ2) is 10.4. The third-order valence-electron chi connectivity index (χ3n) is 4.77. The molecule has 2 heterocycles. The minimum Gasteiger partial charge on any atom is -0.487 e. The molecule has 0 saturated carbocycles. The number of ether oxygens (including phenoxy) is 1. The van der Waals surface area contributed by atoms with Gasteiger partial charge in [-0.15, -0.1) is 11.3 Å². The zero-order valence-corrected chi connectivity index (χ0v) is 18.5. The second-order valence-corrected chi connectivity index (χ2v) is 8.97. The summed E-state index contributed by atoms with van der Waals surface area (Å²) in [6.45, 7) is 0.450. The van der Waals surface area contributed by atoms with Crippen LogP contribution in [0, 0.1) is 0 Å². The maximum atomic E-state index is 11.5. The van der Waals surface area contributed by atoms with Crippen molar-refractivity contribution in [2.24, 2.45) is 0 Å². The number of rotatable bonds is 9. The van der Waals surface area contributed by atoms with Crippen LogP contribution in [0.3, 0.4) is 0 Å². The zero-order chi connectivity index (χ0) is 21.5. The quantitative estimate of drug-likeness (QED) is 0.321. The van der Waals surface area contributed by atoms with Crippen molar-refractivity contribution in [1.29, 1.82) is 0 Å². The number of carbonyl (C=O) groups excluding carboxylic acids is 2. The molecule has 1 N–H and O–H groups in total. The molecule has 4 rings (SSSR count). The monoisotopic (exact) mass is 450 g/mol. The summed E-state index contributed by atoms with van der Waals surface area (Å²) in [5, 5.41) is 5.02. The SMILES string of the molecule is O=C1NC(=O)C(=CCCCCc2ccc(OCc3csc(-c4ccccc4)n3)cc2)S1. The molecule has 158 valence electrons. The van der Waals surface area contributed by atoms with E-state index in [4.69, 9.17) is 4.74 Å². The predicted octanol–water partition coefficient (Wildman–Crippen LogP) is 5.97. The molecule has 1 fully saturated rings. The summed E-state index contributed by atoms with van der Waals surface area (Å²) in [7, 11) is 0. The zero-order valence-electron chi connectivity index (χ0n) is 16.9. The van der Waals surface area contributed by atoms with E-state index in [1.165, 1.54) is 5.56 Å². The van der Waals surface area contributed by atoms with Gasteiger partial charge in [-0.1, -0.05) is 48.5 Å². The van der Waals surface area contributed by atoms with Crippen LogP contribution in [-0.4, -0.2) is 16.1 Å². The van der Waals surface area contributed by atoms with E-state index in [1.807, 2.05) is 41.8 Å². The van der Waals surface area contributed by atoms with Gasteiger partial charge in [-0.2, -0.15) is 0 Å². The van der Waals surface area contributed by atoms with Crippen LogP contribution in [0.2, 0.25) is 0 Å². The summed E-state index contributed by atoms with van der Waals surface area (Å²) in [6.07, 6.45) is 5.60. The molecule has 1 aromatic heterocycles. The van der Waals surface area contributed by atoms with Crippen LogP contribution in [0.15, 0.2) is 71.0 Å². The molecule has 0 unspecified atom stereocenters. The molecular formula is C24H22N2O3S2. The van der Waals surface area contributed by atoms with E-state index in [1.54, 1.807) is 11.3 Å². The lowest BCUT2D eigenvalue weighted by Gasteiger charge is -2.06. The molecule has 0 bridgehead atoms. The number of nitrogens with one attached hydrogen (secondary N) is 1. The first-order valence-corrected chi connectivity index (χ1v) is 11.8. The van der Waals surface area contributed by atoms with Crippen molar-refractivity contribution in [1.82, 2.24) is 10.3 Å². The van der Waals surface area contributed by atoms with Crippen molar-refractivity contribution in [3.05, 3.63) is 82.2 Å². The smallest absolute Gasteiger partial charge is 0.290 e. The van der Waals surface area contributed by atoms with Gasteiger partial charge in [0, 0.05) is 10.9 Å². The number of aryl methyl sites for hydroxylation is 1. The molecule has 5 nitrogen and oxygen atoms in total. The van der Waals surface area contributed by atoms with Gasteiger partial charge >= 0.3 is 0 Å². The van der Waals surface area contributed by atoms with Crippen molar-refractivity contribution in [2.75, 3.05) is 0 Å².